The highest BCUT2D eigenvalue weighted by Crippen LogP contribution is 2.27. The Balaban J connectivity index is 1.53. The van der Waals surface area contributed by atoms with Crippen LogP contribution in [0.1, 0.15) is 70.8 Å². The second-order valence-electron chi connectivity index (χ2n) is 7.24. The Kier molecular flexibility index (Phi) is 8.38. The maximum Gasteiger partial charge on any atom is 0.123 e. The van der Waals surface area contributed by atoms with Crippen LogP contribution in [-0.4, -0.2) is 18.8 Å². The topological polar surface area (TPSA) is 21.8 Å². The SMILES string of the molecule is CCCC/C=C/CCCCCCc1cccc(OCC2(C)CO2)c1. The molecule has 1 aliphatic rings. The van der Waals surface area contributed by atoms with Crippen LogP contribution in [0.3, 0.4) is 0 Å². The molecule has 1 saturated heterocycles. The molecular formula is C22H34O2. The number of hydrogen-bond donors (Lipinski definition) is 0. The first-order chi connectivity index (χ1) is 11.7. The van der Waals surface area contributed by atoms with Gasteiger partial charge in [-0.3, -0.25) is 0 Å². The summed E-state index contributed by atoms with van der Waals surface area (Å²) in [5.74, 6) is 0.974. The molecule has 1 aromatic carbocycles. The first-order valence-corrected chi connectivity index (χ1v) is 9.72. The summed E-state index contributed by atoms with van der Waals surface area (Å²) in [6.45, 7) is 5.82. The molecule has 0 saturated carbocycles. The monoisotopic (exact) mass is 330 g/mol. The Bertz CT molecular complexity index is 488. The van der Waals surface area contributed by atoms with E-state index in [2.05, 4.69) is 44.2 Å². The van der Waals surface area contributed by atoms with Crippen molar-refractivity contribution in [1.82, 2.24) is 0 Å². The van der Waals surface area contributed by atoms with Gasteiger partial charge in [0.25, 0.3) is 0 Å². The Morgan fingerprint density at radius 1 is 1.08 bits per heavy atom. The number of unbranched alkanes of at least 4 members (excludes halogenated alkanes) is 6. The first kappa shape index (κ1) is 19.1. The van der Waals surface area contributed by atoms with Gasteiger partial charge in [0.15, 0.2) is 0 Å². The highest BCUT2D eigenvalue weighted by Gasteiger charge is 2.40. The van der Waals surface area contributed by atoms with E-state index >= 15 is 0 Å². The van der Waals surface area contributed by atoms with E-state index < -0.39 is 0 Å². The Morgan fingerprint density at radius 2 is 1.83 bits per heavy atom. The number of benzene rings is 1. The zero-order valence-corrected chi connectivity index (χ0v) is 15.6. The lowest BCUT2D eigenvalue weighted by Crippen LogP contribution is -2.16. The molecule has 2 heteroatoms. The molecule has 0 aromatic heterocycles. The fourth-order valence-corrected chi connectivity index (χ4v) is 2.74. The van der Waals surface area contributed by atoms with Gasteiger partial charge in [-0.25, -0.2) is 0 Å². The summed E-state index contributed by atoms with van der Waals surface area (Å²) in [7, 11) is 0. The van der Waals surface area contributed by atoms with Crippen molar-refractivity contribution in [3.8, 4) is 5.75 Å². The van der Waals surface area contributed by atoms with Crippen LogP contribution < -0.4 is 4.74 Å². The van der Waals surface area contributed by atoms with Crippen molar-refractivity contribution in [3.63, 3.8) is 0 Å². The number of hydrogen-bond acceptors (Lipinski definition) is 2. The third kappa shape index (κ3) is 8.01. The fourth-order valence-electron chi connectivity index (χ4n) is 2.74. The van der Waals surface area contributed by atoms with Crippen LogP contribution in [0, 0.1) is 0 Å². The van der Waals surface area contributed by atoms with Crippen LogP contribution in [0.4, 0.5) is 0 Å². The molecule has 1 unspecified atom stereocenters. The van der Waals surface area contributed by atoms with Gasteiger partial charge in [-0.2, -0.15) is 0 Å². The lowest BCUT2D eigenvalue weighted by molar-refractivity contribution is 0.202. The minimum absolute atomic E-state index is 0.0407. The molecule has 2 rings (SSSR count). The summed E-state index contributed by atoms with van der Waals surface area (Å²) in [5.41, 5.74) is 1.34. The zero-order valence-electron chi connectivity index (χ0n) is 15.6. The number of rotatable bonds is 13. The molecule has 1 aliphatic heterocycles. The number of allylic oxidation sites excluding steroid dienone is 2. The van der Waals surface area contributed by atoms with Gasteiger partial charge >= 0.3 is 0 Å². The molecule has 1 fully saturated rings. The number of epoxide rings is 1. The molecule has 0 aliphatic carbocycles. The predicted octanol–water partition coefficient (Wildman–Crippen LogP) is 6.09. The van der Waals surface area contributed by atoms with Gasteiger partial charge in [-0.1, -0.05) is 56.9 Å². The summed E-state index contributed by atoms with van der Waals surface area (Å²) in [6.07, 6.45) is 16.2. The molecule has 0 radical (unpaired) electrons. The highest BCUT2D eigenvalue weighted by molar-refractivity contribution is 5.28. The molecule has 0 bridgehead atoms. The van der Waals surface area contributed by atoms with E-state index in [1.165, 1.54) is 56.9 Å². The van der Waals surface area contributed by atoms with Crippen molar-refractivity contribution in [1.29, 1.82) is 0 Å². The molecule has 24 heavy (non-hydrogen) atoms. The molecule has 1 heterocycles. The van der Waals surface area contributed by atoms with Gasteiger partial charge in [-0.15, -0.1) is 0 Å². The van der Waals surface area contributed by atoms with Gasteiger partial charge in [-0.05, 0) is 56.7 Å². The van der Waals surface area contributed by atoms with Gasteiger partial charge in [0, 0.05) is 0 Å². The average Bonchev–Trinajstić information content (AvgIpc) is 3.33. The average molecular weight is 331 g/mol. The van der Waals surface area contributed by atoms with Crippen LogP contribution in [0.2, 0.25) is 0 Å². The maximum atomic E-state index is 5.84. The number of ether oxygens (including phenoxy) is 2. The summed E-state index contributed by atoms with van der Waals surface area (Å²) < 4.78 is 11.2. The molecule has 0 N–H and O–H groups in total. The largest absolute Gasteiger partial charge is 0.490 e. The van der Waals surface area contributed by atoms with E-state index in [0.29, 0.717) is 6.61 Å². The van der Waals surface area contributed by atoms with Crippen molar-refractivity contribution in [2.45, 2.75) is 77.2 Å². The maximum absolute atomic E-state index is 5.84. The minimum Gasteiger partial charge on any atom is -0.490 e. The molecule has 1 aromatic rings. The Labute approximate surface area is 148 Å². The lowest BCUT2D eigenvalue weighted by Gasteiger charge is -2.10. The van der Waals surface area contributed by atoms with Gasteiger partial charge in [0.05, 0.1) is 6.61 Å². The molecular weight excluding hydrogens is 296 g/mol. The van der Waals surface area contributed by atoms with Crippen LogP contribution in [0.5, 0.6) is 5.75 Å². The van der Waals surface area contributed by atoms with E-state index in [-0.39, 0.29) is 5.60 Å². The van der Waals surface area contributed by atoms with Crippen molar-refractivity contribution in [2.24, 2.45) is 0 Å². The van der Waals surface area contributed by atoms with E-state index in [1.54, 1.807) is 0 Å². The smallest absolute Gasteiger partial charge is 0.123 e. The second-order valence-corrected chi connectivity index (χ2v) is 7.24. The van der Waals surface area contributed by atoms with Crippen molar-refractivity contribution in [3.05, 3.63) is 42.0 Å². The Hall–Kier alpha value is -1.28. The van der Waals surface area contributed by atoms with E-state index in [1.807, 2.05) is 6.07 Å². The van der Waals surface area contributed by atoms with Crippen LogP contribution in [0.25, 0.3) is 0 Å². The quantitative estimate of drug-likeness (QED) is 0.248. The van der Waals surface area contributed by atoms with Gasteiger partial charge < -0.3 is 9.47 Å². The predicted molar refractivity (Wildman–Crippen MR) is 102 cm³/mol. The van der Waals surface area contributed by atoms with Gasteiger partial charge in [0.2, 0.25) is 0 Å². The van der Waals surface area contributed by atoms with Gasteiger partial charge in [0.1, 0.15) is 18.0 Å². The molecule has 2 nitrogen and oxygen atoms in total. The van der Waals surface area contributed by atoms with Crippen LogP contribution in [-0.2, 0) is 11.2 Å². The van der Waals surface area contributed by atoms with Crippen LogP contribution >= 0.6 is 0 Å². The Morgan fingerprint density at radius 3 is 2.58 bits per heavy atom. The second kappa shape index (κ2) is 10.6. The first-order valence-electron chi connectivity index (χ1n) is 9.72. The molecule has 0 amide bonds. The molecule has 0 spiro atoms. The van der Waals surface area contributed by atoms with E-state index in [0.717, 1.165) is 18.8 Å². The summed E-state index contributed by atoms with van der Waals surface area (Å²) in [4.78, 5) is 0. The summed E-state index contributed by atoms with van der Waals surface area (Å²) >= 11 is 0. The number of aryl methyl sites for hydroxylation is 1. The summed E-state index contributed by atoms with van der Waals surface area (Å²) in [5, 5.41) is 0. The van der Waals surface area contributed by atoms with Crippen molar-refractivity contribution < 1.29 is 9.47 Å². The zero-order chi connectivity index (χ0) is 17.1. The van der Waals surface area contributed by atoms with Crippen molar-refractivity contribution >= 4 is 0 Å². The highest BCUT2D eigenvalue weighted by atomic mass is 16.6. The normalized spacial score (nSPS) is 19.8. The van der Waals surface area contributed by atoms with E-state index in [4.69, 9.17) is 9.47 Å². The lowest BCUT2D eigenvalue weighted by atomic mass is 10.0. The molecule has 134 valence electrons. The van der Waals surface area contributed by atoms with Crippen molar-refractivity contribution in [2.75, 3.05) is 13.2 Å². The third-order valence-corrected chi connectivity index (χ3v) is 4.56. The fraction of sp³-hybridized carbons (Fsp3) is 0.636. The van der Waals surface area contributed by atoms with Crippen LogP contribution in [0.15, 0.2) is 36.4 Å². The summed E-state index contributed by atoms with van der Waals surface area (Å²) in [6, 6.07) is 8.53. The minimum atomic E-state index is -0.0407. The third-order valence-electron chi connectivity index (χ3n) is 4.56. The van der Waals surface area contributed by atoms with E-state index in [9.17, 15) is 0 Å². The standard InChI is InChI=1S/C22H34O2/c1-3-4-5-6-7-8-9-10-11-12-14-20-15-13-16-21(17-20)23-18-22(2)19-24-22/h6-7,13,15-17H,3-5,8-12,14,18-19H2,1-2H3/b7-6+. The molecule has 1 atom stereocenters.